The van der Waals surface area contributed by atoms with E-state index >= 15 is 0 Å². The van der Waals surface area contributed by atoms with Crippen molar-refractivity contribution in [3.63, 3.8) is 0 Å². The molecule has 0 fully saturated rings. The van der Waals surface area contributed by atoms with E-state index in [4.69, 9.17) is 9.47 Å². The number of aromatic nitrogens is 1. The number of carbonyl (C=O) groups is 2. The van der Waals surface area contributed by atoms with Gasteiger partial charge in [0.15, 0.2) is 0 Å². The molecule has 0 aliphatic heterocycles. The van der Waals surface area contributed by atoms with E-state index in [0.717, 1.165) is 17.4 Å². The number of rotatable bonds is 7. The summed E-state index contributed by atoms with van der Waals surface area (Å²) in [4.78, 5) is 28.9. The Morgan fingerprint density at radius 2 is 1.90 bits per heavy atom. The third kappa shape index (κ3) is 5.48. The van der Waals surface area contributed by atoms with Crippen LogP contribution in [0.15, 0.2) is 28.6 Å². The summed E-state index contributed by atoms with van der Waals surface area (Å²) in [5.41, 5.74) is -2.01. The van der Waals surface area contributed by atoms with Crippen LogP contribution in [0, 0.1) is 11.3 Å². The van der Waals surface area contributed by atoms with E-state index in [2.05, 4.69) is 4.98 Å². The first-order chi connectivity index (χ1) is 13.7. The van der Waals surface area contributed by atoms with Gasteiger partial charge in [0.05, 0.1) is 34.9 Å². The quantitative estimate of drug-likeness (QED) is 0.358. The maximum absolute atomic E-state index is 13.6. The van der Waals surface area contributed by atoms with Crippen LogP contribution in [0.4, 0.5) is 13.2 Å². The highest BCUT2D eigenvalue weighted by Gasteiger charge is 2.38. The zero-order valence-corrected chi connectivity index (χ0v) is 16.9. The fourth-order valence-corrected chi connectivity index (χ4v) is 3.89. The summed E-state index contributed by atoms with van der Waals surface area (Å²) in [7, 11) is 0. The van der Waals surface area contributed by atoms with Crippen molar-refractivity contribution >= 4 is 35.0 Å². The fraction of sp³-hybridized carbons (Fsp3) is 0.333. The van der Waals surface area contributed by atoms with Gasteiger partial charge in [-0.2, -0.15) is 18.4 Å². The zero-order chi connectivity index (χ0) is 21.6. The van der Waals surface area contributed by atoms with Crippen molar-refractivity contribution in [2.45, 2.75) is 30.3 Å². The standard InChI is InChI=1S/C18H15F3N2O4S2/c1-3-26-16(24)14(17(25)27-4-2)29-15-10(9-22)11(18(19,20)21)8-12(23-15)13-6-5-7-28-13/h5-8,14H,3-4H2,1-2H3. The van der Waals surface area contributed by atoms with E-state index in [9.17, 15) is 28.0 Å². The smallest absolute Gasteiger partial charge is 0.417 e. The van der Waals surface area contributed by atoms with Crippen molar-refractivity contribution in [2.75, 3.05) is 13.2 Å². The fourth-order valence-electron chi connectivity index (χ4n) is 2.23. The monoisotopic (exact) mass is 444 g/mol. The Kier molecular flexibility index (Phi) is 7.64. The van der Waals surface area contributed by atoms with Gasteiger partial charge in [-0.1, -0.05) is 17.8 Å². The van der Waals surface area contributed by atoms with Gasteiger partial charge in [0, 0.05) is 0 Å². The SMILES string of the molecule is CCOC(=O)C(Sc1nc(-c2cccs2)cc(C(F)(F)F)c1C#N)C(=O)OCC. The molecule has 2 rings (SSSR count). The summed E-state index contributed by atoms with van der Waals surface area (Å²) < 4.78 is 50.3. The minimum Gasteiger partial charge on any atom is -0.465 e. The molecule has 2 heterocycles. The Morgan fingerprint density at radius 1 is 1.28 bits per heavy atom. The minimum absolute atomic E-state index is 0.0275. The molecular formula is C18H15F3N2O4S2. The van der Waals surface area contributed by atoms with Gasteiger partial charge in [0.25, 0.3) is 0 Å². The molecule has 29 heavy (non-hydrogen) atoms. The Bertz CT molecular complexity index is 906. The summed E-state index contributed by atoms with van der Waals surface area (Å²) >= 11 is 1.56. The van der Waals surface area contributed by atoms with Crippen LogP contribution >= 0.6 is 23.1 Å². The second-order valence-electron chi connectivity index (χ2n) is 5.32. The number of halogens is 3. The van der Waals surface area contributed by atoms with Crippen LogP contribution in [-0.4, -0.2) is 35.4 Å². The number of hydrogen-bond donors (Lipinski definition) is 0. The molecule has 0 amide bonds. The predicted octanol–water partition coefficient (Wildman–Crippen LogP) is 4.29. The van der Waals surface area contributed by atoms with Crippen molar-refractivity contribution in [2.24, 2.45) is 0 Å². The lowest BCUT2D eigenvalue weighted by Gasteiger charge is -2.17. The lowest BCUT2D eigenvalue weighted by molar-refractivity contribution is -0.152. The molecule has 0 atom stereocenters. The van der Waals surface area contributed by atoms with Crippen LogP contribution in [0.1, 0.15) is 25.0 Å². The van der Waals surface area contributed by atoms with Crippen LogP contribution in [0.3, 0.4) is 0 Å². The number of nitrogens with zero attached hydrogens (tertiary/aromatic N) is 2. The largest absolute Gasteiger partial charge is 0.465 e. The molecule has 0 aliphatic carbocycles. The van der Waals surface area contributed by atoms with Crippen LogP contribution in [0.5, 0.6) is 0 Å². The van der Waals surface area contributed by atoms with Crippen molar-refractivity contribution < 1.29 is 32.2 Å². The molecule has 2 aromatic rings. The molecule has 6 nitrogen and oxygen atoms in total. The van der Waals surface area contributed by atoms with E-state index < -0.39 is 39.5 Å². The first kappa shape index (κ1) is 22.7. The first-order valence-electron chi connectivity index (χ1n) is 8.29. The normalized spacial score (nSPS) is 11.2. The van der Waals surface area contributed by atoms with Gasteiger partial charge in [0.2, 0.25) is 5.25 Å². The zero-order valence-electron chi connectivity index (χ0n) is 15.3. The number of alkyl halides is 3. The summed E-state index contributed by atoms with van der Waals surface area (Å²) in [5.74, 6) is -1.98. The van der Waals surface area contributed by atoms with Crippen LogP contribution < -0.4 is 0 Å². The lowest BCUT2D eigenvalue weighted by Crippen LogP contribution is -2.31. The molecule has 0 spiro atoms. The van der Waals surface area contributed by atoms with Gasteiger partial charge < -0.3 is 9.47 Å². The summed E-state index contributed by atoms with van der Waals surface area (Å²) in [5, 5.41) is 8.99. The Hall–Kier alpha value is -2.58. The Labute approximate surface area is 172 Å². The van der Waals surface area contributed by atoms with E-state index in [1.165, 1.54) is 19.9 Å². The molecule has 0 N–H and O–H groups in total. The van der Waals surface area contributed by atoms with E-state index in [1.54, 1.807) is 17.5 Å². The molecule has 0 bridgehead atoms. The number of hydrogen-bond acceptors (Lipinski definition) is 8. The van der Waals surface area contributed by atoms with Gasteiger partial charge in [-0.15, -0.1) is 11.3 Å². The maximum Gasteiger partial charge on any atom is 0.417 e. The highest BCUT2D eigenvalue weighted by molar-refractivity contribution is 8.01. The number of esters is 2. The Balaban J connectivity index is 2.61. The molecule has 0 aliphatic rings. The van der Waals surface area contributed by atoms with Crippen molar-refractivity contribution in [3.05, 3.63) is 34.7 Å². The molecular weight excluding hydrogens is 429 g/mol. The van der Waals surface area contributed by atoms with Gasteiger partial charge in [-0.3, -0.25) is 9.59 Å². The van der Waals surface area contributed by atoms with Gasteiger partial charge in [-0.25, -0.2) is 4.98 Å². The van der Waals surface area contributed by atoms with E-state index in [-0.39, 0.29) is 18.9 Å². The summed E-state index contributed by atoms with van der Waals surface area (Å²) in [6.45, 7) is 2.94. The number of thioether (sulfide) groups is 1. The van der Waals surface area contributed by atoms with Crippen molar-refractivity contribution in [3.8, 4) is 16.6 Å². The number of thiophene rings is 1. The molecule has 0 saturated carbocycles. The van der Waals surface area contributed by atoms with E-state index in [0.29, 0.717) is 16.6 Å². The summed E-state index contributed by atoms with van der Waals surface area (Å²) in [6, 6.07) is 5.47. The number of carbonyl (C=O) groups excluding carboxylic acids is 2. The van der Waals surface area contributed by atoms with Gasteiger partial charge >= 0.3 is 18.1 Å². The van der Waals surface area contributed by atoms with Crippen LogP contribution in [-0.2, 0) is 25.2 Å². The average Bonchev–Trinajstić information content (AvgIpc) is 3.19. The Morgan fingerprint density at radius 3 is 2.34 bits per heavy atom. The first-order valence-corrected chi connectivity index (χ1v) is 10.0. The third-order valence-electron chi connectivity index (χ3n) is 3.41. The number of pyridine rings is 1. The highest BCUT2D eigenvalue weighted by atomic mass is 32.2. The maximum atomic E-state index is 13.6. The van der Waals surface area contributed by atoms with Gasteiger partial charge in [-0.05, 0) is 31.4 Å². The van der Waals surface area contributed by atoms with Crippen molar-refractivity contribution in [1.82, 2.24) is 4.98 Å². The molecule has 0 saturated heterocycles. The number of nitriles is 1. The van der Waals surface area contributed by atoms with Crippen LogP contribution in [0.25, 0.3) is 10.6 Å². The molecule has 154 valence electrons. The molecule has 2 aromatic heterocycles. The van der Waals surface area contributed by atoms with Gasteiger partial charge in [0.1, 0.15) is 11.1 Å². The topological polar surface area (TPSA) is 89.3 Å². The third-order valence-corrected chi connectivity index (χ3v) is 5.44. The van der Waals surface area contributed by atoms with E-state index in [1.807, 2.05) is 0 Å². The second kappa shape index (κ2) is 9.76. The molecule has 0 radical (unpaired) electrons. The lowest BCUT2D eigenvalue weighted by atomic mass is 10.1. The van der Waals surface area contributed by atoms with Crippen LogP contribution in [0.2, 0.25) is 0 Å². The van der Waals surface area contributed by atoms with Crippen molar-refractivity contribution in [1.29, 1.82) is 5.26 Å². The minimum atomic E-state index is -4.83. The predicted molar refractivity (Wildman–Crippen MR) is 100 cm³/mol. The highest BCUT2D eigenvalue weighted by Crippen LogP contribution is 2.39. The number of ether oxygens (including phenoxy) is 2. The average molecular weight is 444 g/mol. The molecule has 11 heteroatoms. The summed E-state index contributed by atoms with van der Waals surface area (Å²) in [6.07, 6.45) is -4.83. The molecule has 0 aromatic carbocycles. The second-order valence-corrected chi connectivity index (χ2v) is 7.37. The molecule has 0 unspecified atom stereocenters.